The molecule has 0 saturated carbocycles. The zero-order chi connectivity index (χ0) is 14.8. The monoisotopic (exact) mass is 408 g/mol. The summed E-state index contributed by atoms with van der Waals surface area (Å²) in [6.45, 7) is 0. The zero-order valence-corrected chi connectivity index (χ0v) is 13.7. The number of amides is 1. The molecule has 0 spiro atoms. The van der Waals surface area contributed by atoms with E-state index in [4.69, 9.17) is 11.6 Å². The van der Waals surface area contributed by atoms with E-state index in [1.165, 1.54) is 0 Å². The van der Waals surface area contributed by atoms with Crippen LogP contribution in [0.15, 0.2) is 54.6 Å². The number of hydrogen-bond acceptors (Lipinski definition) is 2. The predicted molar refractivity (Wildman–Crippen MR) is 93.9 cm³/mol. The number of para-hydroxylation sites is 1. The Bertz CT molecular complexity index is 818. The highest BCUT2D eigenvalue weighted by Gasteiger charge is 2.11. The first-order chi connectivity index (χ1) is 10.1. The lowest BCUT2D eigenvalue weighted by molar-refractivity contribution is 0.102. The van der Waals surface area contributed by atoms with Crippen molar-refractivity contribution in [1.82, 2.24) is 4.98 Å². The molecule has 1 amide bonds. The van der Waals surface area contributed by atoms with Gasteiger partial charge in [0, 0.05) is 14.6 Å². The summed E-state index contributed by atoms with van der Waals surface area (Å²) in [5.74, 6) is -0.274. The van der Waals surface area contributed by atoms with Crippen molar-refractivity contribution in [2.24, 2.45) is 0 Å². The van der Waals surface area contributed by atoms with Crippen molar-refractivity contribution in [1.29, 1.82) is 0 Å². The van der Waals surface area contributed by atoms with Crippen molar-refractivity contribution < 1.29 is 4.79 Å². The summed E-state index contributed by atoms with van der Waals surface area (Å²) < 4.78 is 1.11. The minimum atomic E-state index is -0.274. The van der Waals surface area contributed by atoms with Crippen molar-refractivity contribution in [3.05, 3.63) is 68.9 Å². The van der Waals surface area contributed by atoms with Gasteiger partial charge >= 0.3 is 0 Å². The molecule has 0 radical (unpaired) electrons. The van der Waals surface area contributed by atoms with Crippen LogP contribution >= 0.6 is 34.2 Å². The van der Waals surface area contributed by atoms with E-state index < -0.39 is 0 Å². The topological polar surface area (TPSA) is 42.0 Å². The third-order valence-corrected chi connectivity index (χ3v) is 4.03. The molecule has 0 aliphatic carbocycles. The number of nitrogens with zero attached hydrogens (tertiary/aromatic N) is 1. The molecular weight excluding hydrogens is 399 g/mol. The first-order valence-corrected chi connectivity index (χ1v) is 7.71. The number of nitrogens with one attached hydrogen (secondary N) is 1. The predicted octanol–water partition coefficient (Wildman–Crippen LogP) is 4.75. The summed E-state index contributed by atoms with van der Waals surface area (Å²) >= 11 is 8.42. The van der Waals surface area contributed by atoms with Crippen molar-refractivity contribution in [3.63, 3.8) is 0 Å². The molecular formula is C16H10ClIN2O. The molecule has 1 N–H and O–H groups in total. The SMILES string of the molecule is O=C(Nc1ccc(I)cc1)c1cc(Cl)c2ccccc2n1. The van der Waals surface area contributed by atoms with Gasteiger partial charge in [-0.3, -0.25) is 4.79 Å². The Morgan fingerprint density at radius 2 is 1.81 bits per heavy atom. The van der Waals surface area contributed by atoms with Gasteiger partial charge in [-0.1, -0.05) is 29.8 Å². The Morgan fingerprint density at radius 3 is 2.57 bits per heavy atom. The Morgan fingerprint density at radius 1 is 1.10 bits per heavy atom. The van der Waals surface area contributed by atoms with Gasteiger partial charge in [-0.05, 0) is 59.0 Å². The van der Waals surface area contributed by atoms with E-state index in [0.29, 0.717) is 16.2 Å². The summed E-state index contributed by atoms with van der Waals surface area (Å²) in [6, 6.07) is 16.6. The maximum absolute atomic E-state index is 12.3. The van der Waals surface area contributed by atoms with Gasteiger partial charge in [-0.15, -0.1) is 0 Å². The number of rotatable bonds is 2. The van der Waals surface area contributed by atoms with E-state index >= 15 is 0 Å². The van der Waals surface area contributed by atoms with Crippen LogP contribution in [-0.4, -0.2) is 10.9 Å². The lowest BCUT2D eigenvalue weighted by atomic mass is 10.2. The van der Waals surface area contributed by atoms with Crippen LogP contribution in [0.25, 0.3) is 10.9 Å². The fourth-order valence-electron chi connectivity index (χ4n) is 1.98. The molecule has 3 rings (SSSR count). The highest BCUT2D eigenvalue weighted by atomic mass is 127. The second kappa shape index (κ2) is 5.99. The molecule has 21 heavy (non-hydrogen) atoms. The van der Waals surface area contributed by atoms with Gasteiger partial charge in [0.15, 0.2) is 0 Å². The van der Waals surface area contributed by atoms with Crippen molar-refractivity contribution in [2.45, 2.75) is 0 Å². The minimum Gasteiger partial charge on any atom is -0.321 e. The van der Waals surface area contributed by atoms with Gasteiger partial charge in [0.25, 0.3) is 5.91 Å². The number of hydrogen-bond donors (Lipinski definition) is 1. The molecule has 0 unspecified atom stereocenters. The highest BCUT2D eigenvalue weighted by molar-refractivity contribution is 14.1. The van der Waals surface area contributed by atoms with Crippen LogP contribution in [0.2, 0.25) is 5.02 Å². The number of halogens is 2. The van der Waals surface area contributed by atoms with Crippen molar-refractivity contribution >= 4 is 56.7 Å². The highest BCUT2D eigenvalue weighted by Crippen LogP contribution is 2.23. The quantitative estimate of drug-likeness (QED) is 0.622. The largest absolute Gasteiger partial charge is 0.321 e. The molecule has 0 aliphatic heterocycles. The van der Waals surface area contributed by atoms with Gasteiger partial charge in [0.05, 0.1) is 10.5 Å². The lowest BCUT2D eigenvalue weighted by Crippen LogP contribution is -2.13. The molecule has 1 aromatic heterocycles. The van der Waals surface area contributed by atoms with Crippen LogP contribution in [0.3, 0.4) is 0 Å². The van der Waals surface area contributed by atoms with E-state index in [-0.39, 0.29) is 5.91 Å². The smallest absolute Gasteiger partial charge is 0.274 e. The van der Waals surface area contributed by atoms with E-state index in [1.807, 2.05) is 48.5 Å². The average molecular weight is 409 g/mol. The molecule has 0 fully saturated rings. The number of carbonyl (C=O) groups is 1. The number of benzene rings is 2. The third kappa shape index (κ3) is 3.16. The van der Waals surface area contributed by atoms with Crippen LogP contribution in [-0.2, 0) is 0 Å². The van der Waals surface area contributed by atoms with Crippen LogP contribution in [0, 0.1) is 3.57 Å². The second-order valence-corrected chi connectivity index (χ2v) is 6.12. The lowest BCUT2D eigenvalue weighted by Gasteiger charge is -2.07. The van der Waals surface area contributed by atoms with Gasteiger partial charge in [0.1, 0.15) is 5.69 Å². The van der Waals surface area contributed by atoms with Crippen molar-refractivity contribution in [3.8, 4) is 0 Å². The van der Waals surface area contributed by atoms with Crippen molar-refractivity contribution in [2.75, 3.05) is 5.32 Å². The number of anilines is 1. The fraction of sp³-hybridized carbons (Fsp3) is 0. The Labute approximate surface area is 140 Å². The summed E-state index contributed by atoms with van der Waals surface area (Å²) in [4.78, 5) is 16.6. The van der Waals surface area contributed by atoms with Crippen LogP contribution in [0.1, 0.15) is 10.5 Å². The fourth-order valence-corrected chi connectivity index (χ4v) is 2.60. The van der Waals surface area contributed by atoms with Gasteiger partial charge in [-0.25, -0.2) is 4.98 Å². The molecule has 0 saturated heterocycles. The average Bonchev–Trinajstić information content (AvgIpc) is 2.49. The normalized spacial score (nSPS) is 10.6. The maximum Gasteiger partial charge on any atom is 0.274 e. The molecule has 0 aliphatic rings. The Balaban J connectivity index is 1.92. The van der Waals surface area contributed by atoms with Gasteiger partial charge < -0.3 is 5.32 Å². The number of aromatic nitrogens is 1. The molecule has 0 bridgehead atoms. The van der Waals surface area contributed by atoms with E-state index in [2.05, 4.69) is 32.9 Å². The molecule has 3 nitrogen and oxygen atoms in total. The van der Waals surface area contributed by atoms with Crippen LogP contribution in [0.5, 0.6) is 0 Å². The summed E-state index contributed by atoms with van der Waals surface area (Å²) in [7, 11) is 0. The minimum absolute atomic E-state index is 0.274. The first kappa shape index (κ1) is 14.3. The number of fused-ring (bicyclic) bond motifs is 1. The summed E-state index contributed by atoms with van der Waals surface area (Å²) in [5.41, 5.74) is 1.74. The van der Waals surface area contributed by atoms with E-state index in [0.717, 1.165) is 14.6 Å². The number of carbonyl (C=O) groups excluding carboxylic acids is 1. The molecule has 104 valence electrons. The van der Waals surface area contributed by atoms with E-state index in [9.17, 15) is 4.79 Å². The van der Waals surface area contributed by atoms with Crippen LogP contribution < -0.4 is 5.32 Å². The number of pyridine rings is 1. The maximum atomic E-state index is 12.3. The first-order valence-electron chi connectivity index (χ1n) is 6.26. The van der Waals surface area contributed by atoms with Gasteiger partial charge in [-0.2, -0.15) is 0 Å². The van der Waals surface area contributed by atoms with E-state index in [1.54, 1.807) is 6.07 Å². The Hall–Kier alpha value is -1.66. The molecule has 1 heterocycles. The molecule has 3 aromatic rings. The molecule has 5 heteroatoms. The second-order valence-electron chi connectivity index (χ2n) is 4.47. The van der Waals surface area contributed by atoms with Gasteiger partial charge in [0.2, 0.25) is 0 Å². The Kier molecular flexibility index (Phi) is 4.07. The molecule has 2 aromatic carbocycles. The standard InChI is InChI=1S/C16H10ClIN2O/c17-13-9-15(20-14-4-2-1-3-12(13)14)16(21)19-11-7-5-10(18)6-8-11/h1-9H,(H,19,21). The van der Waals surface area contributed by atoms with Crippen LogP contribution in [0.4, 0.5) is 5.69 Å². The summed E-state index contributed by atoms with van der Waals surface area (Å²) in [6.07, 6.45) is 0. The molecule has 0 atom stereocenters. The summed E-state index contributed by atoms with van der Waals surface area (Å²) in [5, 5.41) is 4.17. The zero-order valence-electron chi connectivity index (χ0n) is 10.8. The third-order valence-electron chi connectivity index (χ3n) is 3.00.